The second kappa shape index (κ2) is 16.5. The minimum Gasteiger partial charge on any atom is -1.00 e. The maximum Gasteiger partial charge on any atom is 1.00 e. The minimum atomic E-state index is -0.916. The van der Waals surface area contributed by atoms with E-state index in [0.717, 1.165) is 12.8 Å². The molecule has 120 valence electrons. The van der Waals surface area contributed by atoms with Crippen molar-refractivity contribution in [3.05, 3.63) is 0 Å². The zero-order valence-electron chi connectivity index (χ0n) is 15.1. The summed E-state index contributed by atoms with van der Waals surface area (Å²) < 4.78 is 0. The molecular weight excluding hydrogens is 277 g/mol. The minimum absolute atomic E-state index is 0. The molecule has 2 N–H and O–H groups in total. The topological polar surface area (TPSA) is 66.4 Å². The molecule has 0 rings (SSSR count). The van der Waals surface area contributed by atoms with Crippen LogP contribution in [0.3, 0.4) is 0 Å². The second-order valence-electron chi connectivity index (χ2n) is 5.56. The van der Waals surface area contributed by atoms with Crippen LogP contribution in [0.15, 0.2) is 0 Å². The summed E-state index contributed by atoms with van der Waals surface area (Å²) in [6.45, 7) is 3.95. The van der Waals surface area contributed by atoms with E-state index in [2.05, 4.69) is 12.2 Å². The van der Waals surface area contributed by atoms with Gasteiger partial charge in [-0.2, -0.15) is 0 Å². The monoisotopic (exact) mass is 309 g/mol. The predicted molar refractivity (Wildman–Crippen MR) is 83.1 cm³/mol. The van der Waals surface area contributed by atoms with Crippen LogP contribution in [0.25, 0.3) is 0 Å². The van der Waals surface area contributed by atoms with Gasteiger partial charge in [0.05, 0.1) is 6.54 Å². The summed E-state index contributed by atoms with van der Waals surface area (Å²) in [5.74, 6) is -0.804. The van der Waals surface area contributed by atoms with Crippen LogP contribution in [-0.2, 0) is 9.59 Å². The van der Waals surface area contributed by atoms with E-state index in [1.807, 2.05) is 0 Å². The van der Waals surface area contributed by atoms with Crippen LogP contribution in [-0.4, -0.2) is 29.4 Å². The number of hydrogen-bond donors (Lipinski definition) is 2. The van der Waals surface area contributed by atoms with Gasteiger partial charge < -0.3 is 6.53 Å². The van der Waals surface area contributed by atoms with Gasteiger partial charge in [-0.05, 0) is 13.3 Å². The number of carboxylic acids is 1. The van der Waals surface area contributed by atoms with Crippen molar-refractivity contribution in [1.29, 1.82) is 0 Å². The van der Waals surface area contributed by atoms with Crippen molar-refractivity contribution in [3.8, 4) is 0 Å². The van der Waals surface area contributed by atoms with Crippen LogP contribution < -0.4 is 34.9 Å². The number of nitrogens with one attached hydrogen (secondary N) is 1. The maximum absolute atomic E-state index is 11.5. The Labute approximate surface area is 153 Å². The average Bonchev–Trinajstić information content (AvgIpc) is 2.42. The molecule has 0 aromatic carbocycles. The summed E-state index contributed by atoms with van der Waals surface area (Å²) in [5.41, 5.74) is 0. The van der Waals surface area contributed by atoms with Crippen LogP contribution in [0.2, 0.25) is 0 Å². The number of hydrogen-bond acceptors (Lipinski definition) is 3. The SMILES string of the molecule is CCCCCCCCCCCC(=O)CNC(C)C(=O)O.[H-].[Na+]. The Hall–Kier alpha value is 0.100. The molecule has 0 bridgehead atoms. The third kappa shape index (κ3) is 16.3. The van der Waals surface area contributed by atoms with E-state index >= 15 is 0 Å². The third-order valence-corrected chi connectivity index (χ3v) is 3.54. The molecule has 0 radical (unpaired) electrons. The number of carboxylic acid groups (broad SMARTS) is 1. The van der Waals surface area contributed by atoms with Crippen molar-refractivity contribution in [1.82, 2.24) is 5.32 Å². The van der Waals surface area contributed by atoms with E-state index < -0.39 is 12.0 Å². The fourth-order valence-electron chi connectivity index (χ4n) is 2.08. The summed E-state index contributed by atoms with van der Waals surface area (Å²) >= 11 is 0. The maximum atomic E-state index is 11.5. The van der Waals surface area contributed by atoms with Gasteiger partial charge in [0.2, 0.25) is 0 Å². The van der Waals surface area contributed by atoms with Crippen molar-refractivity contribution >= 4 is 11.8 Å². The number of carbonyl (C=O) groups is 2. The van der Waals surface area contributed by atoms with Gasteiger partial charge in [0, 0.05) is 6.42 Å². The summed E-state index contributed by atoms with van der Waals surface area (Å²) in [7, 11) is 0. The zero-order valence-corrected chi connectivity index (χ0v) is 16.1. The number of aliphatic carboxylic acids is 1. The summed E-state index contributed by atoms with van der Waals surface area (Å²) in [5, 5.41) is 11.4. The van der Waals surface area contributed by atoms with Gasteiger partial charge in [-0.3, -0.25) is 14.9 Å². The van der Waals surface area contributed by atoms with Crippen molar-refractivity contribution in [2.75, 3.05) is 6.54 Å². The van der Waals surface area contributed by atoms with E-state index in [1.165, 1.54) is 44.9 Å². The average molecular weight is 309 g/mol. The van der Waals surface area contributed by atoms with Gasteiger partial charge in [0.15, 0.2) is 0 Å². The number of ketones is 1. The van der Waals surface area contributed by atoms with Gasteiger partial charge in [-0.25, -0.2) is 0 Å². The summed E-state index contributed by atoms with van der Waals surface area (Å²) in [6, 6.07) is -0.651. The largest absolute Gasteiger partial charge is 1.00 e. The molecule has 4 nitrogen and oxygen atoms in total. The van der Waals surface area contributed by atoms with Gasteiger partial charge in [-0.1, -0.05) is 58.3 Å². The first-order valence-corrected chi connectivity index (χ1v) is 8.05. The van der Waals surface area contributed by atoms with Gasteiger partial charge in [0.25, 0.3) is 0 Å². The van der Waals surface area contributed by atoms with E-state index in [1.54, 1.807) is 6.92 Å². The summed E-state index contributed by atoms with van der Waals surface area (Å²) in [6.07, 6.45) is 11.7. The van der Waals surface area contributed by atoms with E-state index in [-0.39, 0.29) is 43.3 Å². The van der Waals surface area contributed by atoms with Crippen molar-refractivity contribution in [2.45, 2.75) is 84.1 Å². The summed E-state index contributed by atoms with van der Waals surface area (Å²) in [4.78, 5) is 22.1. The first kappa shape index (κ1) is 23.4. The molecule has 0 aliphatic carbocycles. The molecule has 0 aromatic heterocycles. The smallest absolute Gasteiger partial charge is 1.00 e. The molecular formula is C16H32NNaO3. The number of carbonyl (C=O) groups excluding carboxylic acids is 1. The van der Waals surface area contributed by atoms with E-state index in [9.17, 15) is 9.59 Å². The molecule has 1 atom stereocenters. The van der Waals surface area contributed by atoms with Gasteiger partial charge in [0.1, 0.15) is 11.8 Å². The fourth-order valence-corrected chi connectivity index (χ4v) is 2.08. The Kier molecular flexibility index (Phi) is 18.3. The number of unbranched alkanes of at least 4 members (excludes halogenated alkanes) is 8. The van der Waals surface area contributed by atoms with E-state index in [0.29, 0.717) is 6.42 Å². The molecule has 0 aromatic rings. The quantitative estimate of drug-likeness (QED) is 0.365. The molecule has 0 heterocycles. The van der Waals surface area contributed by atoms with Crippen LogP contribution in [0.1, 0.15) is 79.5 Å². The van der Waals surface area contributed by atoms with E-state index in [4.69, 9.17) is 5.11 Å². The molecule has 0 fully saturated rings. The molecule has 0 saturated carbocycles. The Morgan fingerprint density at radius 2 is 1.48 bits per heavy atom. The fraction of sp³-hybridized carbons (Fsp3) is 0.875. The molecule has 1 unspecified atom stereocenters. The van der Waals surface area contributed by atoms with Gasteiger partial charge in [-0.15, -0.1) is 0 Å². The third-order valence-electron chi connectivity index (χ3n) is 3.54. The molecule has 0 saturated heterocycles. The Morgan fingerprint density at radius 3 is 1.95 bits per heavy atom. The predicted octanol–water partition coefficient (Wildman–Crippen LogP) is 0.656. The van der Waals surface area contributed by atoms with Gasteiger partial charge >= 0.3 is 35.5 Å². The molecule has 0 aliphatic heterocycles. The van der Waals surface area contributed by atoms with Crippen molar-refractivity contribution in [3.63, 3.8) is 0 Å². The molecule has 21 heavy (non-hydrogen) atoms. The number of rotatable bonds is 14. The molecule has 0 aliphatic rings. The normalized spacial score (nSPS) is 11.7. The van der Waals surface area contributed by atoms with Crippen LogP contribution >= 0.6 is 0 Å². The first-order chi connectivity index (χ1) is 9.57. The van der Waals surface area contributed by atoms with Crippen molar-refractivity contribution in [2.24, 2.45) is 0 Å². The van der Waals surface area contributed by atoms with Crippen LogP contribution in [0.4, 0.5) is 0 Å². The number of Topliss-reactive ketones (excluding diaryl/α,β-unsaturated/α-hetero) is 1. The van der Waals surface area contributed by atoms with Crippen LogP contribution in [0, 0.1) is 0 Å². The first-order valence-electron chi connectivity index (χ1n) is 8.05. The Bertz CT molecular complexity index is 278. The Balaban J connectivity index is -0.00000180. The van der Waals surface area contributed by atoms with Crippen LogP contribution in [0.5, 0.6) is 0 Å². The second-order valence-corrected chi connectivity index (χ2v) is 5.56. The van der Waals surface area contributed by atoms with Crippen molar-refractivity contribution < 1.29 is 45.7 Å². The molecule has 5 heteroatoms. The Morgan fingerprint density at radius 1 is 1.00 bits per heavy atom. The molecule has 0 spiro atoms. The standard InChI is InChI=1S/C16H31NO3.Na.H/c1-3-4-5-6-7-8-9-10-11-12-15(18)13-17-14(2)16(19)20;;/h14,17H,3-13H2,1-2H3,(H,19,20);;/q;+1;-1. The molecule has 0 amide bonds. The zero-order chi connectivity index (χ0) is 15.2.